The molecule has 1 atom stereocenters. The molecule has 0 bridgehead atoms. The van der Waals surface area contributed by atoms with Gasteiger partial charge in [0, 0.05) is 10.6 Å². The molecule has 2 heterocycles. The van der Waals surface area contributed by atoms with Gasteiger partial charge in [0.2, 0.25) is 0 Å². The third-order valence-electron chi connectivity index (χ3n) is 4.43. The van der Waals surface area contributed by atoms with Crippen molar-refractivity contribution in [2.24, 2.45) is 0 Å². The Balaban J connectivity index is 1.59. The molecule has 7 heteroatoms. The van der Waals surface area contributed by atoms with Gasteiger partial charge in [-0.15, -0.1) is 11.3 Å². The lowest BCUT2D eigenvalue weighted by atomic mass is 10.2. The minimum Gasteiger partial charge on any atom is -0.492 e. The van der Waals surface area contributed by atoms with E-state index in [1.807, 2.05) is 43.3 Å². The first kappa shape index (κ1) is 19.0. The molecule has 1 aromatic heterocycles. The molecule has 1 aliphatic heterocycles. The van der Waals surface area contributed by atoms with Crippen molar-refractivity contribution in [3.8, 4) is 21.9 Å². The SMILES string of the molecule is CCOc1cc(-c2ccccc2)sc1C(=O)Nc1ccc2c(c1)NC(=O)[C@H](C)O2. The van der Waals surface area contributed by atoms with E-state index in [1.165, 1.54) is 11.3 Å². The molecule has 2 aromatic carbocycles. The van der Waals surface area contributed by atoms with E-state index in [4.69, 9.17) is 9.47 Å². The van der Waals surface area contributed by atoms with Gasteiger partial charge in [0.15, 0.2) is 6.10 Å². The molecule has 0 unspecified atom stereocenters. The van der Waals surface area contributed by atoms with Gasteiger partial charge in [0.05, 0.1) is 12.3 Å². The highest BCUT2D eigenvalue weighted by atomic mass is 32.1. The van der Waals surface area contributed by atoms with Crippen LogP contribution in [0.4, 0.5) is 11.4 Å². The summed E-state index contributed by atoms with van der Waals surface area (Å²) in [5, 5.41) is 5.67. The fourth-order valence-corrected chi connectivity index (χ4v) is 4.02. The van der Waals surface area contributed by atoms with Gasteiger partial charge in [-0.25, -0.2) is 0 Å². The molecule has 148 valence electrons. The number of carbonyl (C=O) groups excluding carboxylic acids is 2. The number of carbonyl (C=O) groups is 2. The third-order valence-corrected chi connectivity index (χ3v) is 5.59. The van der Waals surface area contributed by atoms with E-state index < -0.39 is 6.10 Å². The average Bonchev–Trinajstić information content (AvgIpc) is 3.14. The normalized spacial score (nSPS) is 15.1. The van der Waals surface area contributed by atoms with Crippen LogP contribution in [0.25, 0.3) is 10.4 Å². The van der Waals surface area contributed by atoms with Crippen LogP contribution in [0.1, 0.15) is 23.5 Å². The number of ether oxygens (including phenoxy) is 2. The summed E-state index contributed by atoms with van der Waals surface area (Å²) in [4.78, 5) is 26.2. The lowest BCUT2D eigenvalue weighted by Crippen LogP contribution is -2.34. The summed E-state index contributed by atoms with van der Waals surface area (Å²) in [6, 6.07) is 16.9. The second kappa shape index (κ2) is 7.97. The zero-order chi connectivity index (χ0) is 20.4. The van der Waals surface area contributed by atoms with Gasteiger partial charge < -0.3 is 20.1 Å². The molecule has 0 radical (unpaired) electrons. The minimum atomic E-state index is -0.542. The van der Waals surface area contributed by atoms with Crippen molar-refractivity contribution < 1.29 is 19.1 Å². The summed E-state index contributed by atoms with van der Waals surface area (Å²) >= 11 is 1.38. The van der Waals surface area contributed by atoms with Gasteiger partial charge >= 0.3 is 0 Å². The molecule has 1 aliphatic rings. The molecule has 3 aromatic rings. The van der Waals surface area contributed by atoms with E-state index >= 15 is 0 Å². The number of thiophene rings is 1. The summed E-state index contributed by atoms with van der Waals surface area (Å²) in [6.45, 7) is 4.03. The predicted octanol–water partition coefficient (Wildman–Crippen LogP) is 4.79. The quantitative estimate of drug-likeness (QED) is 0.637. The Bertz CT molecular complexity index is 1060. The second-order valence-corrected chi connectivity index (χ2v) is 7.57. The Morgan fingerprint density at radius 2 is 2.00 bits per heavy atom. The zero-order valence-electron chi connectivity index (χ0n) is 16.0. The van der Waals surface area contributed by atoms with Crippen LogP contribution in [0.15, 0.2) is 54.6 Å². The van der Waals surface area contributed by atoms with Crippen LogP contribution < -0.4 is 20.1 Å². The lowest BCUT2D eigenvalue weighted by Gasteiger charge is -2.23. The van der Waals surface area contributed by atoms with Gasteiger partial charge in [0.25, 0.3) is 11.8 Å². The highest BCUT2D eigenvalue weighted by Gasteiger charge is 2.24. The third kappa shape index (κ3) is 3.95. The standard InChI is InChI=1S/C22H20N2O4S/c1-3-27-18-12-19(14-7-5-4-6-8-14)29-20(18)22(26)23-15-9-10-17-16(11-15)24-21(25)13(2)28-17/h4-13H,3H2,1-2H3,(H,23,26)(H,24,25)/t13-/m0/s1. The van der Waals surface area contributed by atoms with Gasteiger partial charge in [-0.3, -0.25) is 9.59 Å². The number of amides is 2. The van der Waals surface area contributed by atoms with Crippen molar-refractivity contribution in [1.82, 2.24) is 0 Å². The van der Waals surface area contributed by atoms with Crippen LogP contribution in [0.3, 0.4) is 0 Å². The van der Waals surface area contributed by atoms with Gasteiger partial charge in [-0.2, -0.15) is 0 Å². The monoisotopic (exact) mass is 408 g/mol. The number of anilines is 2. The summed E-state index contributed by atoms with van der Waals surface area (Å²) < 4.78 is 11.2. The Morgan fingerprint density at radius 3 is 2.76 bits per heavy atom. The van der Waals surface area contributed by atoms with Crippen LogP contribution >= 0.6 is 11.3 Å². The van der Waals surface area contributed by atoms with Gasteiger partial charge in [0.1, 0.15) is 16.4 Å². The topological polar surface area (TPSA) is 76.7 Å². The van der Waals surface area contributed by atoms with Crippen molar-refractivity contribution in [3.05, 3.63) is 59.5 Å². The van der Waals surface area contributed by atoms with E-state index in [9.17, 15) is 9.59 Å². The molecular weight excluding hydrogens is 388 g/mol. The van der Waals surface area contributed by atoms with Crippen LogP contribution in [0.2, 0.25) is 0 Å². The molecule has 2 amide bonds. The second-order valence-electron chi connectivity index (χ2n) is 6.52. The molecule has 0 aliphatic carbocycles. The van der Waals surface area contributed by atoms with Crippen molar-refractivity contribution in [1.29, 1.82) is 0 Å². The van der Waals surface area contributed by atoms with E-state index in [0.717, 1.165) is 10.4 Å². The molecule has 4 rings (SSSR count). The molecule has 0 fully saturated rings. The molecule has 0 spiro atoms. The minimum absolute atomic E-state index is 0.217. The van der Waals surface area contributed by atoms with E-state index in [1.54, 1.807) is 25.1 Å². The maximum Gasteiger partial charge on any atom is 0.269 e. The van der Waals surface area contributed by atoms with Crippen LogP contribution in [0.5, 0.6) is 11.5 Å². The molecule has 0 saturated carbocycles. The Morgan fingerprint density at radius 1 is 1.21 bits per heavy atom. The fraction of sp³-hybridized carbons (Fsp3) is 0.182. The fourth-order valence-electron chi connectivity index (χ4n) is 3.01. The average molecular weight is 408 g/mol. The maximum absolute atomic E-state index is 12.9. The van der Waals surface area contributed by atoms with Crippen molar-refractivity contribution in [3.63, 3.8) is 0 Å². The number of nitrogens with one attached hydrogen (secondary N) is 2. The first-order valence-corrected chi connectivity index (χ1v) is 10.1. The first-order valence-electron chi connectivity index (χ1n) is 9.30. The van der Waals surface area contributed by atoms with Gasteiger partial charge in [-0.05, 0) is 43.7 Å². The summed E-state index contributed by atoms with van der Waals surface area (Å²) in [6.07, 6.45) is -0.542. The van der Waals surface area contributed by atoms with E-state index in [0.29, 0.717) is 34.4 Å². The number of rotatable bonds is 5. The van der Waals surface area contributed by atoms with Crippen molar-refractivity contribution >= 4 is 34.5 Å². The van der Waals surface area contributed by atoms with Crippen LogP contribution in [-0.4, -0.2) is 24.5 Å². The van der Waals surface area contributed by atoms with E-state index in [2.05, 4.69) is 10.6 Å². The Hall–Kier alpha value is -3.32. The number of benzene rings is 2. The van der Waals surface area contributed by atoms with Crippen molar-refractivity contribution in [2.45, 2.75) is 20.0 Å². The number of hydrogen-bond acceptors (Lipinski definition) is 5. The molecule has 29 heavy (non-hydrogen) atoms. The van der Waals surface area contributed by atoms with Crippen LogP contribution in [0, 0.1) is 0 Å². The predicted molar refractivity (Wildman–Crippen MR) is 114 cm³/mol. The largest absolute Gasteiger partial charge is 0.492 e. The molecule has 2 N–H and O–H groups in total. The molecule has 0 saturated heterocycles. The smallest absolute Gasteiger partial charge is 0.269 e. The summed E-state index contributed by atoms with van der Waals surface area (Å²) in [7, 11) is 0. The Kier molecular flexibility index (Phi) is 5.22. The van der Waals surface area contributed by atoms with Crippen LogP contribution in [-0.2, 0) is 4.79 Å². The first-order chi connectivity index (χ1) is 14.0. The summed E-state index contributed by atoms with van der Waals surface area (Å²) in [5.74, 6) is 0.646. The summed E-state index contributed by atoms with van der Waals surface area (Å²) in [5.41, 5.74) is 2.12. The highest BCUT2D eigenvalue weighted by molar-refractivity contribution is 7.17. The Labute approximate surface area is 172 Å². The van der Waals surface area contributed by atoms with Crippen molar-refractivity contribution in [2.75, 3.05) is 17.2 Å². The zero-order valence-corrected chi connectivity index (χ0v) is 16.8. The number of hydrogen-bond donors (Lipinski definition) is 2. The molecular formula is C22H20N2O4S. The van der Waals surface area contributed by atoms with Gasteiger partial charge in [-0.1, -0.05) is 30.3 Å². The highest BCUT2D eigenvalue weighted by Crippen LogP contribution is 2.37. The maximum atomic E-state index is 12.9. The lowest BCUT2D eigenvalue weighted by molar-refractivity contribution is -0.122. The number of fused-ring (bicyclic) bond motifs is 1. The van der Waals surface area contributed by atoms with E-state index in [-0.39, 0.29) is 11.8 Å². The molecule has 6 nitrogen and oxygen atoms in total.